The number of aryl methyl sites for hydroxylation is 2. The lowest BCUT2D eigenvalue weighted by Crippen LogP contribution is -2.07. The van der Waals surface area contributed by atoms with Crippen LogP contribution in [0.15, 0.2) is 24.5 Å². The van der Waals surface area contributed by atoms with Crippen LogP contribution in [0.5, 0.6) is 11.6 Å². The number of hydrogen-bond acceptors (Lipinski definition) is 5. The van der Waals surface area contributed by atoms with Crippen molar-refractivity contribution < 1.29 is 4.74 Å². The first kappa shape index (κ1) is 14.1. The summed E-state index contributed by atoms with van der Waals surface area (Å²) in [6.07, 6.45) is 2.45. The van der Waals surface area contributed by atoms with Gasteiger partial charge in [0.05, 0.1) is 0 Å². The van der Waals surface area contributed by atoms with Crippen LogP contribution in [0.1, 0.15) is 24.5 Å². The van der Waals surface area contributed by atoms with E-state index in [-0.39, 0.29) is 0 Å². The Balaban J connectivity index is 2.22. The van der Waals surface area contributed by atoms with Crippen molar-refractivity contribution in [3.8, 4) is 11.6 Å². The van der Waals surface area contributed by atoms with Gasteiger partial charge in [-0.05, 0) is 43.5 Å². The van der Waals surface area contributed by atoms with E-state index < -0.39 is 0 Å². The third-order valence-electron chi connectivity index (χ3n) is 3.08. The summed E-state index contributed by atoms with van der Waals surface area (Å²) in [6, 6.07) is 5.89. The summed E-state index contributed by atoms with van der Waals surface area (Å²) in [7, 11) is 0. The third-order valence-corrected chi connectivity index (χ3v) is 3.08. The summed E-state index contributed by atoms with van der Waals surface area (Å²) < 4.78 is 5.75. The van der Waals surface area contributed by atoms with Gasteiger partial charge in [0, 0.05) is 6.54 Å². The molecule has 0 unspecified atom stereocenters. The van der Waals surface area contributed by atoms with Crippen molar-refractivity contribution in [3.05, 3.63) is 35.7 Å². The van der Waals surface area contributed by atoms with Gasteiger partial charge in [0.2, 0.25) is 5.88 Å². The average Bonchev–Trinajstić information content (AvgIpc) is 2.44. The zero-order chi connectivity index (χ0) is 14.5. The van der Waals surface area contributed by atoms with Gasteiger partial charge >= 0.3 is 0 Å². The van der Waals surface area contributed by atoms with Gasteiger partial charge in [0.1, 0.15) is 17.8 Å². The summed E-state index contributed by atoms with van der Waals surface area (Å²) in [5, 5.41) is 3.15. The fraction of sp³-hybridized carbons (Fsp3) is 0.333. The summed E-state index contributed by atoms with van der Waals surface area (Å²) in [4.78, 5) is 8.22. The zero-order valence-corrected chi connectivity index (χ0v) is 12.1. The summed E-state index contributed by atoms with van der Waals surface area (Å²) >= 11 is 0. The molecule has 2 aromatic rings. The number of benzene rings is 1. The average molecular weight is 272 g/mol. The molecule has 1 aromatic heterocycles. The number of ether oxygens (including phenoxy) is 1. The number of rotatable bonds is 5. The minimum Gasteiger partial charge on any atom is -0.437 e. The van der Waals surface area contributed by atoms with Crippen molar-refractivity contribution in [2.24, 2.45) is 0 Å². The minimum absolute atomic E-state index is 0.377. The molecular weight excluding hydrogens is 252 g/mol. The Morgan fingerprint density at radius 1 is 1.20 bits per heavy atom. The molecule has 5 heteroatoms. The number of nitrogens with two attached hydrogens (primary N) is 1. The Hall–Kier alpha value is -2.30. The van der Waals surface area contributed by atoms with Crippen LogP contribution in [0.4, 0.5) is 11.5 Å². The maximum atomic E-state index is 6.03. The number of nitrogens with one attached hydrogen (secondary N) is 1. The molecule has 0 aliphatic heterocycles. The second-order valence-electron chi connectivity index (χ2n) is 4.72. The molecule has 5 nitrogen and oxygen atoms in total. The zero-order valence-electron chi connectivity index (χ0n) is 12.1. The second-order valence-corrected chi connectivity index (χ2v) is 4.72. The summed E-state index contributed by atoms with van der Waals surface area (Å²) in [5.74, 6) is 1.71. The van der Waals surface area contributed by atoms with Crippen molar-refractivity contribution in [1.29, 1.82) is 0 Å². The number of aromatic nitrogens is 2. The molecule has 106 valence electrons. The molecule has 0 saturated carbocycles. The fourth-order valence-corrected chi connectivity index (χ4v) is 1.73. The Morgan fingerprint density at radius 3 is 2.70 bits per heavy atom. The number of nitrogens with zero attached hydrogens (tertiary/aromatic N) is 2. The van der Waals surface area contributed by atoms with Crippen molar-refractivity contribution in [2.75, 3.05) is 17.6 Å². The Kier molecular flexibility index (Phi) is 4.40. The van der Waals surface area contributed by atoms with Crippen LogP contribution in [-0.2, 0) is 0 Å². The molecule has 0 aliphatic rings. The number of nitrogen functional groups attached to an aromatic ring is 1. The monoisotopic (exact) mass is 272 g/mol. The van der Waals surface area contributed by atoms with Crippen LogP contribution >= 0.6 is 0 Å². The fourth-order valence-electron chi connectivity index (χ4n) is 1.73. The lowest BCUT2D eigenvalue weighted by atomic mass is 10.1. The molecule has 1 heterocycles. The Labute approximate surface area is 119 Å². The van der Waals surface area contributed by atoms with Crippen LogP contribution in [0.2, 0.25) is 0 Å². The van der Waals surface area contributed by atoms with E-state index in [1.807, 2.05) is 25.1 Å². The predicted molar refractivity (Wildman–Crippen MR) is 81.2 cm³/mol. The highest BCUT2D eigenvalue weighted by Gasteiger charge is 2.10. The first-order valence-electron chi connectivity index (χ1n) is 6.71. The maximum Gasteiger partial charge on any atom is 0.248 e. The van der Waals surface area contributed by atoms with Gasteiger partial charge in [-0.1, -0.05) is 13.0 Å². The molecule has 0 saturated heterocycles. The normalized spacial score (nSPS) is 10.3. The van der Waals surface area contributed by atoms with E-state index in [1.54, 1.807) is 0 Å². The van der Waals surface area contributed by atoms with Crippen molar-refractivity contribution in [3.63, 3.8) is 0 Å². The smallest absolute Gasteiger partial charge is 0.248 e. The van der Waals surface area contributed by atoms with E-state index in [9.17, 15) is 0 Å². The van der Waals surface area contributed by atoms with E-state index in [2.05, 4.69) is 29.1 Å². The minimum atomic E-state index is 0.377. The molecule has 0 atom stereocenters. The molecular formula is C15H20N4O. The van der Waals surface area contributed by atoms with Gasteiger partial charge in [0.15, 0.2) is 5.82 Å². The molecule has 0 fully saturated rings. The SMILES string of the molecule is CCCNc1ncnc(Oc2ccc(C)c(C)c2)c1N. The molecule has 3 N–H and O–H groups in total. The van der Waals surface area contributed by atoms with E-state index in [4.69, 9.17) is 10.5 Å². The number of anilines is 2. The van der Waals surface area contributed by atoms with E-state index in [0.717, 1.165) is 18.7 Å². The molecule has 0 aliphatic carbocycles. The Morgan fingerprint density at radius 2 is 2.00 bits per heavy atom. The highest BCUT2D eigenvalue weighted by atomic mass is 16.5. The van der Waals surface area contributed by atoms with Gasteiger partial charge in [-0.3, -0.25) is 0 Å². The lowest BCUT2D eigenvalue weighted by Gasteiger charge is -2.12. The van der Waals surface area contributed by atoms with Crippen LogP contribution < -0.4 is 15.8 Å². The highest BCUT2D eigenvalue weighted by molar-refractivity contribution is 5.66. The first-order chi connectivity index (χ1) is 9.61. The summed E-state index contributed by atoms with van der Waals surface area (Å²) in [6.45, 7) is 6.99. The van der Waals surface area contributed by atoms with Gasteiger partial charge < -0.3 is 15.8 Å². The standard InChI is InChI=1S/C15H20N4O/c1-4-7-17-14-13(16)15(19-9-18-14)20-12-6-5-10(2)11(3)8-12/h5-6,8-9H,4,7,16H2,1-3H3,(H,17,18,19). The van der Waals surface area contributed by atoms with Crippen LogP contribution in [0, 0.1) is 13.8 Å². The Bertz CT molecular complexity index is 598. The van der Waals surface area contributed by atoms with Crippen LogP contribution in [0.3, 0.4) is 0 Å². The van der Waals surface area contributed by atoms with Crippen molar-refractivity contribution in [1.82, 2.24) is 9.97 Å². The van der Waals surface area contributed by atoms with Crippen LogP contribution in [0.25, 0.3) is 0 Å². The maximum absolute atomic E-state index is 6.03. The van der Waals surface area contributed by atoms with Gasteiger partial charge in [0.25, 0.3) is 0 Å². The predicted octanol–water partition coefficient (Wildman–Crippen LogP) is 3.29. The summed E-state index contributed by atoms with van der Waals surface area (Å²) in [5.41, 5.74) is 8.84. The quantitative estimate of drug-likeness (QED) is 0.873. The van der Waals surface area contributed by atoms with Crippen LogP contribution in [-0.4, -0.2) is 16.5 Å². The third kappa shape index (κ3) is 3.17. The molecule has 2 rings (SSSR count). The molecule has 0 radical (unpaired) electrons. The van der Waals surface area contributed by atoms with Gasteiger partial charge in [-0.15, -0.1) is 0 Å². The molecule has 0 spiro atoms. The molecule has 20 heavy (non-hydrogen) atoms. The first-order valence-corrected chi connectivity index (χ1v) is 6.71. The lowest BCUT2D eigenvalue weighted by molar-refractivity contribution is 0.464. The second kappa shape index (κ2) is 6.23. The molecule has 1 aromatic carbocycles. The van der Waals surface area contributed by atoms with E-state index in [1.165, 1.54) is 17.5 Å². The van der Waals surface area contributed by atoms with E-state index >= 15 is 0 Å². The number of hydrogen-bond donors (Lipinski definition) is 2. The van der Waals surface area contributed by atoms with Gasteiger partial charge in [-0.2, -0.15) is 4.98 Å². The molecule has 0 bridgehead atoms. The van der Waals surface area contributed by atoms with Crippen molar-refractivity contribution >= 4 is 11.5 Å². The van der Waals surface area contributed by atoms with E-state index in [0.29, 0.717) is 17.4 Å². The largest absolute Gasteiger partial charge is 0.437 e. The highest BCUT2D eigenvalue weighted by Crippen LogP contribution is 2.29. The van der Waals surface area contributed by atoms with Crippen molar-refractivity contribution in [2.45, 2.75) is 27.2 Å². The topological polar surface area (TPSA) is 73.1 Å². The molecule has 0 amide bonds. The van der Waals surface area contributed by atoms with Gasteiger partial charge in [-0.25, -0.2) is 4.98 Å².